The third-order valence-electron chi connectivity index (χ3n) is 4.08. The lowest BCUT2D eigenvalue weighted by molar-refractivity contribution is 0.658. The Labute approximate surface area is 109 Å². The molecular weight excluding hydrogens is 224 g/mol. The van der Waals surface area contributed by atoms with Gasteiger partial charge in [0.05, 0.1) is 5.69 Å². The van der Waals surface area contributed by atoms with E-state index in [1.807, 2.05) is 7.05 Å². The van der Waals surface area contributed by atoms with Gasteiger partial charge < -0.3 is 10.2 Å². The Bertz CT molecular complexity index is 429. The van der Waals surface area contributed by atoms with Gasteiger partial charge in [-0.1, -0.05) is 0 Å². The highest BCUT2D eigenvalue weighted by atomic mass is 15.4. The van der Waals surface area contributed by atoms with E-state index in [0.717, 1.165) is 18.5 Å². The second-order valence-corrected chi connectivity index (χ2v) is 5.87. The maximum Gasteiger partial charge on any atom is 0.131 e. The van der Waals surface area contributed by atoms with Gasteiger partial charge in [-0.15, -0.1) is 0 Å². The van der Waals surface area contributed by atoms with E-state index in [1.165, 1.54) is 49.3 Å². The molecule has 4 nitrogen and oxygen atoms in total. The van der Waals surface area contributed by atoms with E-state index in [2.05, 4.69) is 34.0 Å². The summed E-state index contributed by atoms with van der Waals surface area (Å²) >= 11 is 0. The summed E-state index contributed by atoms with van der Waals surface area (Å²) in [6.07, 6.45) is 5.55. The second-order valence-electron chi connectivity index (χ2n) is 5.87. The Morgan fingerprint density at radius 1 is 1.33 bits per heavy atom. The van der Waals surface area contributed by atoms with Gasteiger partial charge in [0.25, 0.3) is 0 Å². The fraction of sp³-hybridized carbons (Fsp3) is 0.786. The first-order valence-corrected chi connectivity index (χ1v) is 7.14. The monoisotopic (exact) mass is 248 g/mol. The van der Waals surface area contributed by atoms with Gasteiger partial charge in [0.1, 0.15) is 5.82 Å². The molecule has 0 unspecified atom stereocenters. The summed E-state index contributed by atoms with van der Waals surface area (Å²) in [5, 5.41) is 7.91. The summed E-state index contributed by atoms with van der Waals surface area (Å²) in [7, 11) is 4.10. The molecule has 0 radical (unpaired) electrons. The number of nitrogens with zero attached hydrogens (tertiary/aromatic N) is 3. The molecule has 3 rings (SSSR count). The van der Waals surface area contributed by atoms with Gasteiger partial charge in [-0.2, -0.15) is 5.10 Å². The van der Waals surface area contributed by atoms with Crippen LogP contribution in [0.5, 0.6) is 0 Å². The van der Waals surface area contributed by atoms with Gasteiger partial charge in [0.2, 0.25) is 0 Å². The molecule has 2 aliphatic rings. The van der Waals surface area contributed by atoms with Crippen LogP contribution in [0.15, 0.2) is 0 Å². The van der Waals surface area contributed by atoms with Crippen LogP contribution >= 0.6 is 0 Å². The van der Waals surface area contributed by atoms with Crippen LogP contribution in [0.3, 0.4) is 0 Å². The van der Waals surface area contributed by atoms with Crippen molar-refractivity contribution < 1.29 is 0 Å². The first-order valence-electron chi connectivity index (χ1n) is 7.14. The molecule has 0 aromatic carbocycles. The molecule has 1 aromatic rings. The number of hydrogen-bond donors (Lipinski definition) is 1. The number of nitrogens with one attached hydrogen (secondary N) is 1. The summed E-state index contributed by atoms with van der Waals surface area (Å²) in [6.45, 7) is 4.28. The van der Waals surface area contributed by atoms with Crippen LogP contribution in [0.2, 0.25) is 0 Å². The number of aryl methyl sites for hydroxylation is 2. The van der Waals surface area contributed by atoms with Crippen LogP contribution in [0.1, 0.15) is 36.9 Å². The molecule has 0 bridgehead atoms. The highest BCUT2D eigenvalue weighted by Crippen LogP contribution is 2.39. The average Bonchev–Trinajstić information content (AvgIpc) is 3.20. The summed E-state index contributed by atoms with van der Waals surface area (Å²) in [5.41, 5.74) is 2.55. The Morgan fingerprint density at radius 2 is 2.06 bits per heavy atom. The van der Waals surface area contributed by atoms with Crippen LogP contribution in [-0.2, 0) is 13.6 Å². The first kappa shape index (κ1) is 12.0. The van der Waals surface area contributed by atoms with Crippen molar-refractivity contribution in [2.24, 2.45) is 13.0 Å². The molecule has 2 fully saturated rings. The third-order valence-corrected chi connectivity index (χ3v) is 4.08. The van der Waals surface area contributed by atoms with Gasteiger partial charge in [-0.05, 0) is 45.6 Å². The summed E-state index contributed by atoms with van der Waals surface area (Å²) in [4.78, 5) is 2.63. The highest BCUT2D eigenvalue weighted by Gasteiger charge is 2.36. The Balaban J connectivity index is 1.90. The lowest BCUT2D eigenvalue weighted by Gasteiger charge is -2.26. The molecule has 1 heterocycles. The number of rotatable bonds is 6. The molecule has 2 saturated carbocycles. The minimum atomic E-state index is 0.774. The van der Waals surface area contributed by atoms with Gasteiger partial charge in [-0.3, -0.25) is 4.68 Å². The van der Waals surface area contributed by atoms with Crippen LogP contribution < -0.4 is 10.2 Å². The quantitative estimate of drug-likeness (QED) is 0.833. The first-order chi connectivity index (χ1) is 8.70. The lowest BCUT2D eigenvalue weighted by Crippen LogP contribution is -2.31. The summed E-state index contributed by atoms with van der Waals surface area (Å²) in [6, 6.07) is 0.774. The summed E-state index contributed by atoms with van der Waals surface area (Å²) < 4.78 is 2.09. The third kappa shape index (κ3) is 2.26. The van der Waals surface area contributed by atoms with Crippen LogP contribution in [-0.4, -0.2) is 29.4 Å². The second kappa shape index (κ2) is 4.57. The van der Waals surface area contributed by atoms with E-state index >= 15 is 0 Å². The van der Waals surface area contributed by atoms with Crippen molar-refractivity contribution >= 4 is 5.82 Å². The predicted molar refractivity (Wildman–Crippen MR) is 73.8 cm³/mol. The van der Waals surface area contributed by atoms with Crippen molar-refractivity contribution in [3.8, 4) is 0 Å². The molecule has 100 valence electrons. The molecular formula is C14H24N4. The van der Waals surface area contributed by atoms with Gasteiger partial charge in [0.15, 0.2) is 0 Å². The highest BCUT2D eigenvalue weighted by molar-refractivity contribution is 5.52. The zero-order valence-corrected chi connectivity index (χ0v) is 11.7. The lowest BCUT2D eigenvalue weighted by atomic mass is 10.2. The molecule has 1 aromatic heterocycles. The maximum atomic E-state index is 4.62. The molecule has 4 heteroatoms. The van der Waals surface area contributed by atoms with Crippen molar-refractivity contribution in [1.29, 1.82) is 0 Å². The predicted octanol–water partition coefficient (Wildman–Crippen LogP) is 1.83. The average molecular weight is 248 g/mol. The van der Waals surface area contributed by atoms with Gasteiger partial charge in [0, 0.05) is 31.7 Å². The molecule has 18 heavy (non-hydrogen) atoms. The van der Waals surface area contributed by atoms with E-state index in [1.54, 1.807) is 0 Å². The molecule has 0 aliphatic heterocycles. The van der Waals surface area contributed by atoms with E-state index in [-0.39, 0.29) is 0 Å². The molecule has 2 aliphatic carbocycles. The van der Waals surface area contributed by atoms with E-state index in [0.29, 0.717) is 0 Å². The van der Waals surface area contributed by atoms with Gasteiger partial charge >= 0.3 is 0 Å². The molecule has 0 saturated heterocycles. The SMILES string of the molecule is CNCc1c(C)nn(C)c1N(CC1CC1)C1CC1. The van der Waals surface area contributed by atoms with Crippen LogP contribution in [0.4, 0.5) is 5.82 Å². The van der Waals surface area contributed by atoms with Crippen molar-refractivity contribution in [2.75, 3.05) is 18.5 Å². The van der Waals surface area contributed by atoms with Crippen molar-refractivity contribution in [1.82, 2.24) is 15.1 Å². The van der Waals surface area contributed by atoms with E-state index < -0.39 is 0 Å². The zero-order valence-electron chi connectivity index (χ0n) is 11.7. The molecule has 0 atom stereocenters. The van der Waals surface area contributed by atoms with Crippen molar-refractivity contribution in [2.45, 2.75) is 45.2 Å². The van der Waals surface area contributed by atoms with Crippen LogP contribution in [0.25, 0.3) is 0 Å². The number of anilines is 1. The smallest absolute Gasteiger partial charge is 0.131 e. The summed E-state index contributed by atoms with van der Waals surface area (Å²) in [5.74, 6) is 2.29. The number of hydrogen-bond acceptors (Lipinski definition) is 3. The molecule has 0 amide bonds. The van der Waals surface area contributed by atoms with Crippen molar-refractivity contribution in [3.05, 3.63) is 11.3 Å². The topological polar surface area (TPSA) is 33.1 Å². The Kier molecular flexibility index (Phi) is 3.06. The molecule has 0 spiro atoms. The van der Waals surface area contributed by atoms with Crippen LogP contribution in [0, 0.1) is 12.8 Å². The molecule has 1 N–H and O–H groups in total. The van der Waals surface area contributed by atoms with E-state index in [4.69, 9.17) is 0 Å². The Morgan fingerprint density at radius 3 is 2.61 bits per heavy atom. The van der Waals surface area contributed by atoms with Crippen molar-refractivity contribution in [3.63, 3.8) is 0 Å². The fourth-order valence-electron chi connectivity index (χ4n) is 2.81. The largest absolute Gasteiger partial charge is 0.353 e. The standard InChI is InChI=1S/C14H24N4/c1-10-13(8-15-2)14(17(3)16-10)18(12-6-7-12)9-11-4-5-11/h11-12,15H,4-9H2,1-3H3. The minimum absolute atomic E-state index is 0.774. The van der Waals surface area contributed by atoms with Gasteiger partial charge in [-0.25, -0.2) is 0 Å². The maximum absolute atomic E-state index is 4.62. The number of aromatic nitrogens is 2. The fourth-order valence-corrected chi connectivity index (χ4v) is 2.81. The van der Waals surface area contributed by atoms with E-state index in [9.17, 15) is 0 Å². The zero-order chi connectivity index (χ0) is 12.7. The minimum Gasteiger partial charge on any atom is -0.353 e. The Hall–Kier alpha value is -1.03. The normalized spacial score (nSPS) is 19.3.